The standard InChI is InChI=1S/C23H20N6O6S/c1-34-17-9-13(16(29(32)33)11-18(17)35-2)22(31)25-20-10-15(19-7-4-8-36-19)27-28(20)23-24-14-6-3-5-12(14)21(30)26-23/h4,7-11H,3,5-6H2,1-2H3,(H,25,31)(H,24,26,30). The molecule has 3 aromatic heterocycles. The second-order valence-corrected chi connectivity index (χ2v) is 8.86. The first-order valence-electron chi connectivity index (χ1n) is 10.9. The van der Waals surface area contributed by atoms with E-state index in [-0.39, 0.29) is 34.4 Å². The van der Waals surface area contributed by atoms with E-state index in [0.717, 1.165) is 17.4 Å². The molecule has 36 heavy (non-hydrogen) atoms. The molecule has 1 amide bonds. The molecular weight excluding hydrogens is 488 g/mol. The van der Waals surface area contributed by atoms with Crippen LogP contribution in [0.2, 0.25) is 0 Å². The Morgan fingerprint density at radius 3 is 2.69 bits per heavy atom. The predicted molar refractivity (Wildman–Crippen MR) is 131 cm³/mol. The van der Waals surface area contributed by atoms with Crippen LogP contribution in [0, 0.1) is 10.1 Å². The summed E-state index contributed by atoms with van der Waals surface area (Å²) in [6.07, 6.45) is 2.16. The number of carbonyl (C=O) groups is 1. The van der Waals surface area contributed by atoms with Gasteiger partial charge >= 0.3 is 0 Å². The molecule has 0 atom stereocenters. The predicted octanol–water partition coefficient (Wildman–Crippen LogP) is 3.35. The first-order chi connectivity index (χ1) is 17.4. The lowest BCUT2D eigenvalue weighted by Crippen LogP contribution is -2.21. The highest BCUT2D eigenvalue weighted by Crippen LogP contribution is 2.35. The van der Waals surface area contributed by atoms with E-state index < -0.39 is 16.5 Å². The van der Waals surface area contributed by atoms with Gasteiger partial charge in [0.15, 0.2) is 11.5 Å². The molecule has 0 aliphatic heterocycles. The minimum absolute atomic E-state index is 0.116. The number of nitrogens with zero attached hydrogens (tertiary/aromatic N) is 4. The number of benzene rings is 1. The fourth-order valence-corrected chi connectivity index (χ4v) is 4.77. The topological polar surface area (TPSA) is 154 Å². The maximum atomic E-state index is 13.3. The van der Waals surface area contributed by atoms with Gasteiger partial charge in [0.2, 0.25) is 5.95 Å². The smallest absolute Gasteiger partial charge is 0.286 e. The number of amides is 1. The molecule has 0 saturated carbocycles. The number of ether oxygens (including phenoxy) is 2. The second kappa shape index (κ2) is 9.26. The summed E-state index contributed by atoms with van der Waals surface area (Å²) in [5.74, 6) is -0.185. The van der Waals surface area contributed by atoms with Crippen LogP contribution >= 0.6 is 11.3 Å². The van der Waals surface area contributed by atoms with Gasteiger partial charge in [0.25, 0.3) is 17.2 Å². The van der Waals surface area contributed by atoms with Crippen LogP contribution in [0.15, 0.2) is 40.5 Å². The van der Waals surface area contributed by atoms with Crippen LogP contribution in [0.3, 0.4) is 0 Å². The van der Waals surface area contributed by atoms with Crippen LogP contribution in [0.1, 0.15) is 28.0 Å². The van der Waals surface area contributed by atoms with Gasteiger partial charge in [-0.3, -0.25) is 24.7 Å². The number of thiophene rings is 1. The number of nitrogens with one attached hydrogen (secondary N) is 2. The SMILES string of the molecule is COc1cc(C(=O)Nc2cc(-c3cccs3)nn2-c2nc3c(c(=O)[nH]2)CCC3)c([N+](=O)[O-])cc1OC. The Bertz CT molecular complexity index is 1540. The Labute approximate surface area is 207 Å². The molecule has 0 spiro atoms. The van der Waals surface area contributed by atoms with Crippen molar-refractivity contribution in [1.82, 2.24) is 19.7 Å². The van der Waals surface area contributed by atoms with Crippen LogP contribution in [0.5, 0.6) is 11.5 Å². The maximum absolute atomic E-state index is 13.3. The number of H-pyrrole nitrogens is 1. The fourth-order valence-electron chi connectivity index (χ4n) is 4.09. The average Bonchev–Trinajstić information content (AvgIpc) is 3.63. The zero-order valence-corrected chi connectivity index (χ0v) is 20.0. The van der Waals surface area contributed by atoms with E-state index >= 15 is 0 Å². The number of hydrogen-bond donors (Lipinski definition) is 2. The third-order valence-electron chi connectivity index (χ3n) is 5.80. The molecule has 13 heteroatoms. The molecule has 0 radical (unpaired) electrons. The van der Waals surface area contributed by atoms with Crippen LogP contribution in [-0.2, 0) is 12.8 Å². The highest BCUT2D eigenvalue weighted by Gasteiger charge is 2.27. The van der Waals surface area contributed by atoms with Crippen molar-refractivity contribution in [2.24, 2.45) is 0 Å². The molecule has 4 aromatic rings. The summed E-state index contributed by atoms with van der Waals surface area (Å²) in [5, 5.41) is 20.8. The summed E-state index contributed by atoms with van der Waals surface area (Å²) in [6.45, 7) is 0. The number of aromatic nitrogens is 4. The zero-order chi connectivity index (χ0) is 25.4. The number of nitro groups is 1. The number of fused-ring (bicyclic) bond motifs is 1. The van der Waals surface area contributed by atoms with Gasteiger partial charge in [0.05, 0.1) is 35.8 Å². The van der Waals surface area contributed by atoms with Gasteiger partial charge in [-0.2, -0.15) is 9.78 Å². The second-order valence-electron chi connectivity index (χ2n) is 7.91. The van der Waals surface area contributed by atoms with E-state index in [9.17, 15) is 19.7 Å². The molecule has 5 rings (SSSR count). The molecule has 1 aliphatic carbocycles. The highest BCUT2D eigenvalue weighted by molar-refractivity contribution is 7.13. The molecule has 0 unspecified atom stereocenters. The first-order valence-corrected chi connectivity index (χ1v) is 11.8. The molecule has 2 N–H and O–H groups in total. The van der Waals surface area contributed by atoms with Gasteiger partial charge < -0.3 is 14.8 Å². The molecule has 1 aromatic carbocycles. The van der Waals surface area contributed by atoms with E-state index in [1.54, 1.807) is 6.07 Å². The van der Waals surface area contributed by atoms with Gasteiger partial charge in [-0.25, -0.2) is 4.98 Å². The molecule has 12 nitrogen and oxygen atoms in total. The summed E-state index contributed by atoms with van der Waals surface area (Å²) in [5.41, 5.74) is 0.918. The van der Waals surface area contributed by atoms with E-state index in [2.05, 4.69) is 20.4 Å². The quantitative estimate of drug-likeness (QED) is 0.284. The Morgan fingerprint density at radius 1 is 1.22 bits per heavy atom. The third-order valence-corrected chi connectivity index (χ3v) is 6.69. The Hall–Kier alpha value is -4.52. The zero-order valence-electron chi connectivity index (χ0n) is 19.2. The number of rotatable bonds is 7. The van der Waals surface area contributed by atoms with Crippen molar-refractivity contribution in [3.63, 3.8) is 0 Å². The van der Waals surface area contributed by atoms with Crippen LogP contribution in [-0.4, -0.2) is 44.8 Å². The molecule has 0 fully saturated rings. The largest absolute Gasteiger partial charge is 0.493 e. The Balaban J connectivity index is 1.60. The van der Waals surface area contributed by atoms with Crippen molar-refractivity contribution in [2.45, 2.75) is 19.3 Å². The molecule has 184 valence electrons. The number of hydrogen-bond acceptors (Lipinski definition) is 9. The number of carbonyl (C=O) groups excluding carboxylic acids is 1. The molecular formula is C23H20N6O6S. The van der Waals surface area contributed by atoms with Crippen molar-refractivity contribution >= 4 is 28.7 Å². The van der Waals surface area contributed by atoms with Crippen LogP contribution < -0.4 is 20.3 Å². The van der Waals surface area contributed by atoms with Gasteiger partial charge in [-0.05, 0) is 30.7 Å². The normalized spacial score (nSPS) is 12.3. The van der Waals surface area contributed by atoms with E-state index in [4.69, 9.17) is 9.47 Å². The molecule has 3 heterocycles. The molecule has 0 bridgehead atoms. The number of aromatic amines is 1. The summed E-state index contributed by atoms with van der Waals surface area (Å²) in [7, 11) is 2.71. The minimum Gasteiger partial charge on any atom is -0.493 e. The van der Waals surface area contributed by atoms with Crippen molar-refractivity contribution in [3.8, 4) is 28.0 Å². The van der Waals surface area contributed by atoms with Crippen molar-refractivity contribution in [3.05, 3.63) is 73.0 Å². The maximum Gasteiger partial charge on any atom is 0.286 e. The van der Waals surface area contributed by atoms with Gasteiger partial charge in [-0.1, -0.05) is 6.07 Å². The monoisotopic (exact) mass is 508 g/mol. The van der Waals surface area contributed by atoms with E-state index in [1.807, 2.05) is 17.5 Å². The lowest BCUT2D eigenvalue weighted by molar-refractivity contribution is -0.385. The average molecular weight is 509 g/mol. The highest BCUT2D eigenvalue weighted by atomic mass is 32.1. The number of anilines is 1. The Morgan fingerprint density at radius 2 is 2.00 bits per heavy atom. The van der Waals surface area contributed by atoms with Gasteiger partial charge in [-0.15, -0.1) is 11.3 Å². The van der Waals surface area contributed by atoms with E-state index in [0.29, 0.717) is 29.8 Å². The summed E-state index contributed by atoms with van der Waals surface area (Å²) < 4.78 is 11.7. The summed E-state index contributed by atoms with van der Waals surface area (Å²) in [4.78, 5) is 45.1. The molecule has 1 aliphatic rings. The molecule has 0 saturated heterocycles. The van der Waals surface area contributed by atoms with Crippen molar-refractivity contribution in [1.29, 1.82) is 0 Å². The lowest BCUT2D eigenvalue weighted by Gasteiger charge is -2.12. The van der Waals surface area contributed by atoms with Crippen molar-refractivity contribution in [2.75, 3.05) is 19.5 Å². The first kappa shape index (κ1) is 23.2. The van der Waals surface area contributed by atoms with Gasteiger partial charge in [0.1, 0.15) is 17.1 Å². The number of aryl methyl sites for hydroxylation is 1. The minimum atomic E-state index is -0.773. The summed E-state index contributed by atoms with van der Waals surface area (Å²) >= 11 is 1.45. The van der Waals surface area contributed by atoms with Crippen LogP contribution in [0.4, 0.5) is 11.5 Å². The van der Waals surface area contributed by atoms with Gasteiger partial charge in [0, 0.05) is 17.7 Å². The van der Waals surface area contributed by atoms with Crippen molar-refractivity contribution < 1.29 is 19.2 Å². The summed E-state index contributed by atoms with van der Waals surface area (Å²) in [6, 6.07) is 7.70. The Kier molecular flexibility index (Phi) is 5.98. The number of methoxy groups -OCH3 is 2. The lowest BCUT2D eigenvalue weighted by atomic mass is 10.1. The van der Waals surface area contributed by atoms with E-state index in [1.165, 1.54) is 36.3 Å². The third kappa shape index (κ3) is 4.09. The fraction of sp³-hybridized carbons (Fsp3) is 0.217. The number of nitro benzene ring substituents is 1. The van der Waals surface area contributed by atoms with Crippen LogP contribution in [0.25, 0.3) is 16.5 Å².